The summed E-state index contributed by atoms with van der Waals surface area (Å²) in [6.45, 7) is 0.422. The number of nitrogens with two attached hydrogens (primary N) is 1. The van der Waals surface area contributed by atoms with Gasteiger partial charge in [0.15, 0.2) is 0 Å². The third-order valence-electron chi connectivity index (χ3n) is 3.13. The topological polar surface area (TPSA) is 48.1 Å². The Morgan fingerprint density at radius 1 is 1.33 bits per heavy atom. The van der Waals surface area contributed by atoms with E-state index >= 15 is 0 Å². The molecule has 0 atom stereocenters. The van der Waals surface area contributed by atoms with Crippen molar-refractivity contribution in [2.24, 2.45) is 5.92 Å². The molecule has 0 unspecified atom stereocenters. The molecule has 6 heteroatoms. The third-order valence-corrected chi connectivity index (χ3v) is 3.13. The molecule has 1 saturated carbocycles. The summed E-state index contributed by atoms with van der Waals surface area (Å²) in [4.78, 5) is 3.26. The van der Waals surface area contributed by atoms with Gasteiger partial charge in [-0.15, -0.1) is 0 Å². The Bertz CT molecular complexity index is 414. The van der Waals surface area contributed by atoms with Crippen molar-refractivity contribution in [2.75, 3.05) is 12.3 Å². The normalized spacial score (nSPS) is 17.1. The lowest BCUT2D eigenvalue weighted by Gasteiger charge is -2.14. The Balaban J connectivity index is 2.06. The molecule has 1 aliphatic carbocycles. The largest absolute Gasteiger partial charge is 0.491 e. The second-order valence-corrected chi connectivity index (χ2v) is 4.57. The van der Waals surface area contributed by atoms with Gasteiger partial charge >= 0.3 is 6.18 Å². The van der Waals surface area contributed by atoms with Crippen LogP contribution in [0.15, 0.2) is 12.3 Å². The lowest BCUT2D eigenvalue weighted by atomic mass is 10.1. The summed E-state index contributed by atoms with van der Waals surface area (Å²) in [5, 5.41) is 0. The Labute approximate surface area is 103 Å². The van der Waals surface area contributed by atoms with Crippen LogP contribution in [-0.4, -0.2) is 11.6 Å². The van der Waals surface area contributed by atoms with Crippen LogP contribution in [0.5, 0.6) is 5.75 Å². The monoisotopic (exact) mass is 260 g/mol. The quantitative estimate of drug-likeness (QED) is 0.907. The van der Waals surface area contributed by atoms with E-state index in [9.17, 15) is 13.2 Å². The van der Waals surface area contributed by atoms with E-state index in [1.165, 1.54) is 0 Å². The molecule has 0 bridgehead atoms. The van der Waals surface area contributed by atoms with Crippen molar-refractivity contribution in [3.8, 4) is 5.75 Å². The van der Waals surface area contributed by atoms with Crippen LogP contribution in [0.2, 0.25) is 0 Å². The van der Waals surface area contributed by atoms with Gasteiger partial charge in [-0.2, -0.15) is 13.2 Å². The summed E-state index contributed by atoms with van der Waals surface area (Å²) in [5.41, 5.74) is 4.73. The first-order valence-corrected chi connectivity index (χ1v) is 5.92. The molecule has 0 saturated heterocycles. The van der Waals surface area contributed by atoms with E-state index in [4.69, 9.17) is 10.5 Å². The third kappa shape index (κ3) is 3.05. The van der Waals surface area contributed by atoms with E-state index in [0.717, 1.165) is 37.9 Å². The number of rotatable bonds is 3. The van der Waals surface area contributed by atoms with Crippen molar-refractivity contribution >= 4 is 5.69 Å². The van der Waals surface area contributed by atoms with E-state index in [0.29, 0.717) is 12.5 Å². The first-order chi connectivity index (χ1) is 8.47. The lowest BCUT2D eigenvalue weighted by Crippen LogP contribution is -2.12. The Morgan fingerprint density at radius 2 is 2.00 bits per heavy atom. The maximum absolute atomic E-state index is 12.5. The maximum atomic E-state index is 12.5. The van der Waals surface area contributed by atoms with E-state index in [2.05, 4.69) is 4.98 Å². The van der Waals surface area contributed by atoms with E-state index in [1.54, 1.807) is 0 Å². The second-order valence-electron chi connectivity index (χ2n) is 4.57. The first kappa shape index (κ1) is 13.0. The highest BCUT2D eigenvalue weighted by atomic mass is 19.4. The van der Waals surface area contributed by atoms with E-state index in [1.807, 2.05) is 0 Å². The number of nitrogen functional groups attached to an aromatic ring is 1. The van der Waals surface area contributed by atoms with Crippen molar-refractivity contribution < 1.29 is 17.9 Å². The molecule has 1 heterocycles. The summed E-state index contributed by atoms with van der Waals surface area (Å²) >= 11 is 0. The Morgan fingerprint density at radius 3 is 2.61 bits per heavy atom. The molecule has 1 aliphatic rings. The molecule has 3 nitrogen and oxygen atoms in total. The fourth-order valence-electron chi connectivity index (χ4n) is 2.11. The molecule has 0 aromatic carbocycles. The molecule has 0 amide bonds. The summed E-state index contributed by atoms with van der Waals surface area (Å²) in [6, 6.07) is 0.865. The average Bonchev–Trinajstić information content (AvgIpc) is 2.79. The summed E-state index contributed by atoms with van der Waals surface area (Å²) in [7, 11) is 0. The van der Waals surface area contributed by atoms with Gasteiger partial charge in [-0.3, -0.25) is 0 Å². The predicted octanol–water partition coefficient (Wildman–Crippen LogP) is 3.25. The Kier molecular flexibility index (Phi) is 3.63. The number of alkyl halides is 3. The van der Waals surface area contributed by atoms with Crippen LogP contribution in [0.1, 0.15) is 31.4 Å². The number of aromatic nitrogens is 1. The van der Waals surface area contributed by atoms with Gasteiger partial charge in [-0.25, -0.2) is 4.98 Å². The zero-order valence-electron chi connectivity index (χ0n) is 9.83. The summed E-state index contributed by atoms with van der Waals surface area (Å²) in [5.74, 6) is 0.496. The van der Waals surface area contributed by atoms with Crippen LogP contribution in [0, 0.1) is 5.92 Å². The fraction of sp³-hybridized carbons (Fsp3) is 0.583. The second kappa shape index (κ2) is 5.04. The minimum Gasteiger partial charge on any atom is -0.491 e. The van der Waals surface area contributed by atoms with E-state index in [-0.39, 0.29) is 11.4 Å². The predicted molar refractivity (Wildman–Crippen MR) is 61.1 cm³/mol. The van der Waals surface area contributed by atoms with Gasteiger partial charge in [0.2, 0.25) is 0 Å². The van der Waals surface area contributed by atoms with Crippen LogP contribution in [-0.2, 0) is 6.18 Å². The van der Waals surface area contributed by atoms with Crippen molar-refractivity contribution in [1.82, 2.24) is 4.98 Å². The number of halogens is 3. The molecule has 1 aromatic rings. The van der Waals surface area contributed by atoms with Gasteiger partial charge in [-0.1, -0.05) is 12.8 Å². The van der Waals surface area contributed by atoms with Crippen molar-refractivity contribution in [1.29, 1.82) is 0 Å². The Hall–Kier alpha value is -1.46. The molecule has 2 rings (SSSR count). The van der Waals surface area contributed by atoms with Gasteiger partial charge in [0.1, 0.15) is 11.4 Å². The number of nitrogens with zero attached hydrogens (tertiary/aromatic N) is 1. The number of ether oxygens (including phenoxy) is 1. The highest BCUT2D eigenvalue weighted by Crippen LogP contribution is 2.33. The summed E-state index contributed by atoms with van der Waals surface area (Å²) in [6.07, 6.45) is 0.974. The minimum absolute atomic E-state index is 0.0734. The molecule has 1 aromatic heterocycles. The van der Waals surface area contributed by atoms with Crippen LogP contribution < -0.4 is 10.5 Å². The van der Waals surface area contributed by atoms with Gasteiger partial charge < -0.3 is 10.5 Å². The smallest absolute Gasteiger partial charge is 0.433 e. The number of hydrogen-bond donors (Lipinski definition) is 1. The zero-order chi connectivity index (χ0) is 13.2. The molecule has 1 fully saturated rings. The van der Waals surface area contributed by atoms with Gasteiger partial charge in [0.25, 0.3) is 0 Å². The molecule has 0 aliphatic heterocycles. The SMILES string of the molecule is Nc1cnc(C(F)(F)F)cc1OCC1CCCC1. The van der Waals surface area contributed by atoms with Crippen LogP contribution in [0.3, 0.4) is 0 Å². The van der Waals surface area contributed by atoms with Crippen LogP contribution in [0.25, 0.3) is 0 Å². The summed E-state index contributed by atoms with van der Waals surface area (Å²) < 4.78 is 42.8. The maximum Gasteiger partial charge on any atom is 0.433 e. The van der Waals surface area contributed by atoms with Crippen molar-refractivity contribution in [2.45, 2.75) is 31.9 Å². The van der Waals surface area contributed by atoms with E-state index < -0.39 is 11.9 Å². The highest BCUT2D eigenvalue weighted by molar-refractivity contribution is 5.51. The standard InChI is InChI=1S/C12H15F3N2O/c13-12(14,15)11-5-10(9(16)6-17-11)18-7-8-3-1-2-4-8/h5-6,8H,1-4,7,16H2. The first-order valence-electron chi connectivity index (χ1n) is 5.92. The van der Waals surface area contributed by atoms with Gasteiger partial charge in [0, 0.05) is 6.07 Å². The molecule has 2 N–H and O–H groups in total. The molecular weight excluding hydrogens is 245 g/mol. The van der Waals surface area contributed by atoms with Gasteiger partial charge in [0.05, 0.1) is 18.5 Å². The van der Waals surface area contributed by atoms with Crippen LogP contribution >= 0.6 is 0 Å². The number of pyridine rings is 1. The molecule has 0 radical (unpaired) electrons. The van der Waals surface area contributed by atoms with Crippen LogP contribution in [0.4, 0.5) is 18.9 Å². The number of hydrogen-bond acceptors (Lipinski definition) is 3. The van der Waals surface area contributed by atoms with Gasteiger partial charge in [-0.05, 0) is 18.8 Å². The molecular formula is C12H15F3N2O. The zero-order valence-corrected chi connectivity index (χ0v) is 9.83. The molecule has 18 heavy (non-hydrogen) atoms. The van der Waals surface area contributed by atoms with Crippen molar-refractivity contribution in [3.05, 3.63) is 18.0 Å². The highest BCUT2D eigenvalue weighted by Gasteiger charge is 2.33. The molecule has 100 valence electrons. The van der Waals surface area contributed by atoms with Crippen molar-refractivity contribution in [3.63, 3.8) is 0 Å². The lowest BCUT2D eigenvalue weighted by molar-refractivity contribution is -0.141. The average molecular weight is 260 g/mol. The molecule has 0 spiro atoms. The number of anilines is 1. The minimum atomic E-state index is -4.47. The fourth-order valence-corrected chi connectivity index (χ4v) is 2.11.